The molecule has 0 atom stereocenters. The Morgan fingerprint density at radius 3 is 1.36 bits per heavy atom. The van der Waals surface area contributed by atoms with E-state index in [1.165, 1.54) is 18.2 Å². The SMILES string of the molecule is C#Cc1ccc(NC(=O)c2cc(N)cc(C(=O)Nc3ccc(C#C)c(C#C)c3)c2)cc1C#C. The minimum absolute atomic E-state index is 0.190. The van der Waals surface area contributed by atoms with Gasteiger partial charge in [-0.25, -0.2) is 0 Å². The quantitative estimate of drug-likeness (QED) is 0.439. The molecule has 0 spiro atoms. The first-order chi connectivity index (χ1) is 15.9. The number of nitrogens with two attached hydrogens (primary N) is 1. The summed E-state index contributed by atoms with van der Waals surface area (Å²) in [4.78, 5) is 25.6. The van der Waals surface area contributed by atoms with Crippen molar-refractivity contribution in [2.75, 3.05) is 16.4 Å². The zero-order valence-electron chi connectivity index (χ0n) is 17.4. The second-order valence-corrected chi connectivity index (χ2v) is 6.85. The summed E-state index contributed by atoms with van der Waals surface area (Å²) < 4.78 is 0. The van der Waals surface area contributed by atoms with Crippen LogP contribution in [0.15, 0.2) is 54.6 Å². The number of nitrogen functional groups attached to an aromatic ring is 1. The highest BCUT2D eigenvalue weighted by molar-refractivity contribution is 6.09. The van der Waals surface area contributed by atoms with E-state index in [0.29, 0.717) is 33.6 Å². The molecular weight excluding hydrogens is 410 g/mol. The van der Waals surface area contributed by atoms with Crippen LogP contribution in [0.1, 0.15) is 43.0 Å². The Hall–Kier alpha value is -5.36. The van der Waals surface area contributed by atoms with Gasteiger partial charge in [-0.05, 0) is 54.6 Å². The predicted octanol–water partition coefficient (Wildman–Crippen LogP) is 3.70. The van der Waals surface area contributed by atoms with Gasteiger partial charge in [-0.1, -0.05) is 23.7 Å². The van der Waals surface area contributed by atoms with Gasteiger partial charge in [0.15, 0.2) is 0 Å². The summed E-state index contributed by atoms with van der Waals surface area (Å²) in [7, 11) is 0. The number of benzene rings is 3. The molecule has 0 fully saturated rings. The minimum Gasteiger partial charge on any atom is -0.399 e. The Morgan fingerprint density at radius 1 is 0.606 bits per heavy atom. The van der Waals surface area contributed by atoms with Crippen LogP contribution in [0.5, 0.6) is 0 Å². The average Bonchev–Trinajstić information content (AvgIpc) is 2.83. The van der Waals surface area contributed by atoms with Gasteiger partial charge in [0.25, 0.3) is 11.8 Å². The molecule has 4 N–H and O–H groups in total. The fourth-order valence-electron chi connectivity index (χ4n) is 3.05. The number of rotatable bonds is 4. The van der Waals surface area contributed by atoms with Crippen molar-refractivity contribution >= 4 is 28.9 Å². The van der Waals surface area contributed by atoms with E-state index in [-0.39, 0.29) is 16.8 Å². The van der Waals surface area contributed by atoms with Crippen LogP contribution in [0, 0.1) is 49.4 Å². The first-order valence-electron chi connectivity index (χ1n) is 9.56. The molecular formula is C28H17N3O2. The van der Waals surface area contributed by atoms with E-state index in [9.17, 15) is 9.59 Å². The monoisotopic (exact) mass is 427 g/mol. The smallest absolute Gasteiger partial charge is 0.255 e. The van der Waals surface area contributed by atoms with Crippen molar-refractivity contribution in [1.29, 1.82) is 0 Å². The van der Waals surface area contributed by atoms with Gasteiger partial charge in [-0.2, -0.15) is 0 Å². The second-order valence-electron chi connectivity index (χ2n) is 6.85. The largest absolute Gasteiger partial charge is 0.399 e. The third kappa shape index (κ3) is 5.04. The fraction of sp³-hybridized carbons (Fsp3) is 0. The summed E-state index contributed by atoms with van der Waals surface area (Å²) in [5.41, 5.74) is 9.50. The normalized spacial score (nSPS) is 9.45. The molecule has 0 aliphatic carbocycles. The first kappa shape index (κ1) is 22.3. The molecule has 5 nitrogen and oxygen atoms in total. The highest BCUT2D eigenvalue weighted by atomic mass is 16.2. The van der Waals surface area contributed by atoms with Gasteiger partial charge in [0.1, 0.15) is 0 Å². The van der Waals surface area contributed by atoms with Gasteiger partial charge in [0, 0.05) is 50.4 Å². The molecule has 3 rings (SSSR count). The first-order valence-corrected chi connectivity index (χ1v) is 9.56. The molecule has 0 aliphatic heterocycles. The summed E-state index contributed by atoms with van der Waals surface area (Å²) >= 11 is 0. The summed E-state index contributed by atoms with van der Waals surface area (Å²) in [6.07, 6.45) is 21.8. The Kier molecular flexibility index (Phi) is 6.52. The predicted molar refractivity (Wildman–Crippen MR) is 131 cm³/mol. The third-order valence-corrected chi connectivity index (χ3v) is 4.66. The van der Waals surface area contributed by atoms with Crippen molar-refractivity contribution in [1.82, 2.24) is 0 Å². The van der Waals surface area contributed by atoms with E-state index in [1.54, 1.807) is 36.4 Å². The lowest BCUT2D eigenvalue weighted by molar-refractivity contribution is 0.102. The van der Waals surface area contributed by atoms with E-state index < -0.39 is 11.8 Å². The molecule has 0 heterocycles. The molecule has 33 heavy (non-hydrogen) atoms. The van der Waals surface area contributed by atoms with Crippen molar-refractivity contribution in [2.45, 2.75) is 0 Å². The summed E-state index contributed by atoms with van der Waals surface area (Å²) in [6.45, 7) is 0. The lowest BCUT2D eigenvalue weighted by Gasteiger charge is -2.11. The van der Waals surface area contributed by atoms with Gasteiger partial charge < -0.3 is 16.4 Å². The van der Waals surface area contributed by atoms with Gasteiger partial charge >= 0.3 is 0 Å². The van der Waals surface area contributed by atoms with Crippen LogP contribution in [0.2, 0.25) is 0 Å². The highest BCUT2D eigenvalue weighted by Gasteiger charge is 2.14. The van der Waals surface area contributed by atoms with E-state index in [4.69, 9.17) is 31.4 Å². The Balaban J connectivity index is 1.83. The lowest BCUT2D eigenvalue weighted by atomic mass is 10.1. The zero-order chi connectivity index (χ0) is 24.0. The number of carbonyl (C=O) groups is 2. The number of terminal acetylenes is 4. The maximum absolute atomic E-state index is 12.8. The van der Waals surface area contributed by atoms with E-state index in [2.05, 4.69) is 34.3 Å². The second kappa shape index (κ2) is 9.63. The molecule has 0 radical (unpaired) electrons. The minimum atomic E-state index is -0.472. The standard InChI is InChI=1S/C28H17N3O2/c1-5-18-9-11-25(16-20(18)7-3)30-27(32)22-13-23(15-24(29)14-22)28(33)31-26-12-10-19(6-2)21(8-4)17-26/h1-4,9-17H,29H2,(H,30,32)(H,31,33). The number of hydrogen-bond donors (Lipinski definition) is 3. The van der Waals surface area contributed by atoms with Crippen molar-refractivity contribution in [2.24, 2.45) is 0 Å². The fourth-order valence-corrected chi connectivity index (χ4v) is 3.05. The summed E-state index contributed by atoms with van der Waals surface area (Å²) in [6, 6.07) is 14.1. The molecule has 0 saturated carbocycles. The summed E-state index contributed by atoms with van der Waals surface area (Å²) in [5.74, 6) is 8.99. The molecule has 0 aromatic heterocycles. The number of amides is 2. The molecule has 0 aliphatic rings. The van der Waals surface area contributed by atoms with Crippen LogP contribution in [0.25, 0.3) is 0 Å². The van der Waals surface area contributed by atoms with Crippen molar-refractivity contribution in [3.8, 4) is 49.4 Å². The van der Waals surface area contributed by atoms with Crippen molar-refractivity contribution in [3.63, 3.8) is 0 Å². The van der Waals surface area contributed by atoms with Crippen LogP contribution in [-0.4, -0.2) is 11.8 Å². The van der Waals surface area contributed by atoms with E-state index >= 15 is 0 Å². The maximum Gasteiger partial charge on any atom is 0.255 e. The van der Waals surface area contributed by atoms with Gasteiger partial charge in [0.05, 0.1) is 0 Å². The van der Waals surface area contributed by atoms with Crippen LogP contribution in [0.3, 0.4) is 0 Å². The Labute approximate surface area is 192 Å². The molecule has 2 amide bonds. The average molecular weight is 427 g/mol. The van der Waals surface area contributed by atoms with Crippen LogP contribution >= 0.6 is 0 Å². The highest BCUT2D eigenvalue weighted by Crippen LogP contribution is 2.20. The number of nitrogens with one attached hydrogen (secondary N) is 2. The maximum atomic E-state index is 12.8. The van der Waals surface area contributed by atoms with Crippen LogP contribution in [-0.2, 0) is 0 Å². The molecule has 3 aromatic carbocycles. The number of hydrogen-bond acceptors (Lipinski definition) is 3. The molecule has 0 unspecified atom stereocenters. The molecule has 0 saturated heterocycles. The van der Waals surface area contributed by atoms with Gasteiger partial charge in [0.2, 0.25) is 0 Å². The van der Waals surface area contributed by atoms with Gasteiger partial charge in [-0.15, -0.1) is 25.7 Å². The third-order valence-electron chi connectivity index (χ3n) is 4.66. The zero-order valence-corrected chi connectivity index (χ0v) is 17.4. The molecule has 3 aromatic rings. The molecule has 156 valence electrons. The lowest BCUT2D eigenvalue weighted by Crippen LogP contribution is -2.16. The number of anilines is 3. The van der Waals surface area contributed by atoms with E-state index in [1.807, 2.05) is 0 Å². The van der Waals surface area contributed by atoms with Crippen LogP contribution in [0.4, 0.5) is 17.1 Å². The van der Waals surface area contributed by atoms with E-state index in [0.717, 1.165) is 0 Å². The van der Waals surface area contributed by atoms with Crippen molar-refractivity contribution in [3.05, 3.63) is 88.0 Å². The van der Waals surface area contributed by atoms with Gasteiger partial charge in [-0.3, -0.25) is 9.59 Å². The molecule has 5 heteroatoms. The molecule has 0 bridgehead atoms. The Morgan fingerprint density at radius 2 is 1.00 bits per heavy atom. The number of carbonyl (C=O) groups excluding carboxylic acids is 2. The topological polar surface area (TPSA) is 84.2 Å². The van der Waals surface area contributed by atoms with Crippen molar-refractivity contribution < 1.29 is 9.59 Å². The van der Waals surface area contributed by atoms with Crippen LogP contribution < -0.4 is 16.4 Å². The Bertz CT molecular complexity index is 1350. The summed E-state index contributed by atoms with van der Waals surface area (Å²) in [5, 5.41) is 5.45.